The third kappa shape index (κ3) is 2.56. The Morgan fingerprint density at radius 1 is 1.62 bits per heavy atom. The number of alkyl halides is 1. The van der Waals surface area contributed by atoms with Gasteiger partial charge in [0.05, 0.1) is 22.5 Å². The standard InChI is InChI=1S/C7H13ClO4S/c1-7(12-5-11-2)4-13(9,10)3-6(7)8/h6H,3-5H2,1-2H3. The zero-order chi connectivity index (χ0) is 10.1. The van der Waals surface area contributed by atoms with Gasteiger partial charge in [-0.3, -0.25) is 0 Å². The van der Waals surface area contributed by atoms with Crippen LogP contribution in [-0.4, -0.2) is 44.8 Å². The minimum atomic E-state index is -3.05. The first-order valence-corrected chi connectivity index (χ1v) is 6.13. The summed E-state index contributed by atoms with van der Waals surface area (Å²) in [6.45, 7) is 1.75. The Morgan fingerprint density at radius 3 is 2.62 bits per heavy atom. The van der Waals surface area contributed by atoms with Crippen LogP contribution in [0.25, 0.3) is 0 Å². The first kappa shape index (κ1) is 11.2. The zero-order valence-corrected chi connectivity index (χ0v) is 9.19. The lowest BCUT2D eigenvalue weighted by Crippen LogP contribution is -2.38. The maximum absolute atomic E-state index is 11.2. The fourth-order valence-electron chi connectivity index (χ4n) is 1.31. The van der Waals surface area contributed by atoms with Crippen molar-refractivity contribution >= 4 is 21.4 Å². The third-order valence-corrected chi connectivity index (χ3v) is 4.73. The molecule has 0 aromatic carbocycles. The molecule has 78 valence electrons. The van der Waals surface area contributed by atoms with Gasteiger partial charge in [-0.05, 0) is 6.92 Å². The van der Waals surface area contributed by atoms with Crippen molar-refractivity contribution in [1.82, 2.24) is 0 Å². The molecule has 1 aliphatic rings. The largest absolute Gasteiger partial charge is 0.359 e. The molecule has 0 aromatic heterocycles. The van der Waals surface area contributed by atoms with Crippen LogP contribution in [0, 0.1) is 0 Å². The molecule has 1 rings (SSSR count). The van der Waals surface area contributed by atoms with Crippen LogP contribution in [0.15, 0.2) is 0 Å². The smallest absolute Gasteiger partial charge is 0.154 e. The van der Waals surface area contributed by atoms with E-state index in [4.69, 9.17) is 21.1 Å². The molecule has 4 nitrogen and oxygen atoms in total. The molecular weight excluding hydrogens is 216 g/mol. The van der Waals surface area contributed by atoms with Gasteiger partial charge in [-0.15, -0.1) is 11.6 Å². The number of hydrogen-bond acceptors (Lipinski definition) is 4. The topological polar surface area (TPSA) is 52.6 Å². The molecule has 13 heavy (non-hydrogen) atoms. The molecule has 2 atom stereocenters. The van der Waals surface area contributed by atoms with E-state index in [2.05, 4.69) is 0 Å². The zero-order valence-electron chi connectivity index (χ0n) is 7.62. The summed E-state index contributed by atoms with van der Waals surface area (Å²) in [5.41, 5.74) is -0.809. The Labute approximate surface area is 83.1 Å². The molecule has 1 fully saturated rings. The Bertz CT molecular complexity index is 276. The average Bonchev–Trinajstić information content (AvgIpc) is 2.18. The summed E-state index contributed by atoms with van der Waals surface area (Å²) in [4.78, 5) is 0. The van der Waals surface area contributed by atoms with Crippen LogP contribution < -0.4 is 0 Å². The van der Waals surface area contributed by atoms with Gasteiger partial charge in [-0.1, -0.05) is 0 Å². The molecule has 0 aromatic rings. The van der Waals surface area contributed by atoms with E-state index in [0.29, 0.717) is 0 Å². The van der Waals surface area contributed by atoms with Gasteiger partial charge in [0.1, 0.15) is 6.79 Å². The molecule has 1 aliphatic heterocycles. The highest BCUT2D eigenvalue weighted by molar-refractivity contribution is 7.91. The lowest BCUT2D eigenvalue weighted by Gasteiger charge is -2.25. The van der Waals surface area contributed by atoms with Crippen molar-refractivity contribution in [3.63, 3.8) is 0 Å². The quantitative estimate of drug-likeness (QED) is 0.519. The lowest BCUT2D eigenvalue weighted by molar-refractivity contribution is -0.108. The van der Waals surface area contributed by atoms with E-state index >= 15 is 0 Å². The van der Waals surface area contributed by atoms with Gasteiger partial charge in [0, 0.05) is 7.11 Å². The highest BCUT2D eigenvalue weighted by Crippen LogP contribution is 2.31. The van der Waals surface area contributed by atoms with Crippen molar-refractivity contribution in [1.29, 1.82) is 0 Å². The average molecular weight is 229 g/mol. The number of halogens is 1. The summed E-state index contributed by atoms with van der Waals surface area (Å²) in [6, 6.07) is 0. The number of methoxy groups -OCH3 is 1. The second-order valence-electron chi connectivity index (χ2n) is 3.39. The van der Waals surface area contributed by atoms with Crippen molar-refractivity contribution in [2.24, 2.45) is 0 Å². The van der Waals surface area contributed by atoms with E-state index in [0.717, 1.165) is 0 Å². The van der Waals surface area contributed by atoms with Crippen LogP contribution in [0.1, 0.15) is 6.92 Å². The van der Waals surface area contributed by atoms with Crippen molar-refractivity contribution in [2.75, 3.05) is 25.4 Å². The van der Waals surface area contributed by atoms with Crippen LogP contribution in [0.4, 0.5) is 0 Å². The predicted octanol–water partition coefficient (Wildman–Crippen LogP) is 0.401. The summed E-state index contributed by atoms with van der Waals surface area (Å²) in [7, 11) is -1.56. The first-order valence-electron chi connectivity index (χ1n) is 3.87. The molecule has 0 radical (unpaired) electrons. The maximum atomic E-state index is 11.2. The first-order chi connectivity index (χ1) is 5.90. The Kier molecular flexibility index (Phi) is 3.22. The Morgan fingerprint density at radius 2 is 2.23 bits per heavy atom. The van der Waals surface area contributed by atoms with Crippen molar-refractivity contribution in [2.45, 2.75) is 17.9 Å². The van der Waals surface area contributed by atoms with Crippen LogP contribution >= 0.6 is 11.6 Å². The summed E-state index contributed by atoms with van der Waals surface area (Å²) in [6.07, 6.45) is 0. The highest BCUT2D eigenvalue weighted by Gasteiger charge is 2.47. The van der Waals surface area contributed by atoms with E-state index in [1.807, 2.05) is 0 Å². The number of rotatable bonds is 3. The summed E-state index contributed by atoms with van der Waals surface area (Å²) in [5, 5.41) is -0.493. The van der Waals surface area contributed by atoms with Gasteiger partial charge in [0.2, 0.25) is 0 Å². The minimum absolute atomic E-state index is 0.0191. The van der Waals surface area contributed by atoms with Crippen molar-refractivity contribution in [3.05, 3.63) is 0 Å². The van der Waals surface area contributed by atoms with Gasteiger partial charge in [-0.2, -0.15) is 0 Å². The van der Waals surface area contributed by atoms with Gasteiger partial charge in [-0.25, -0.2) is 8.42 Å². The van der Waals surface area contributed by atoms with E-state index in [-0.39, 0.29) is 18.3 Å². The Balaban J connectivity index is 2.69. The monoisotopic (exact) mass is 228 g/mol. The SMILES string of the molecule is COCOC1(C)CS(=O)(=O)CC1Cl. The van der Waals surface area contributed by atoms with Crippen LogP contribution in [0.5, 0.6) is 0 Å². The van der Waals surface area contributed by atoms with Crippen molar-refractivity contribution in [3.8, 4) is 0 Å². The number of ether oxygens (including phenoxy) is 2. The predicted molar refractivity (Wildman–Crippen MR) is 49.7 cm³/mol. The van der Waals surface area contributed by atoms with Crippen LogP contribution in [0.3, 0.4) is 0 Å². The molecule has 0 saturated carbocycles. The molecule has 1 heterocycles. The highest BCUT2D eigenvalue weighted by atomic mass is 35.5. The molecule has 0 amide bonds. The Hall–Kier alpha value is 0.160. The van der Waals surface area contributed by atoms with E-state index in [9.17, 15) is 8.42 Å². The molecule has 0 spiro atoms. The van der Waals surface area contributed by atoms with E-state index in [1.54, 1.807) is 6.92 Å². The molecular formula is C7H13ClO4S. The summed E-state index contributed by atoms with van der Waals surface area (Å²) in [5.74, 6) is -0.0493. The normalized spacial score (nSPS) is 37.9. The minimum Gasteiger partial charge on any atom is -0.359 e. The third-order valence-electron chi connectivity index (χ3n) is 2.08. The van der Waals surface area contributed by atoms with Gasteiger partial charge in [0.25, 0.3) is 0 Å². The molecule has 2 unspecified atom stereocenters. The molecule has 0 aliphatic carbocycles. The fraction of sp³-hybridized carbons (Fsp3) is 1.00. The van der Waals surface area contributed by atoms with Gasteiger partial charge < -0.3 is 9.47 Å². The van der Waals surface area contributed by atoms with E-state index < -0.39 is 20.8 Å². The molecule has 6 heteroatoms. The molecule has 0 N–H and O–H groups in total. The van der Waals surface area contributed by atoms with E-state index in [1.165, 1.54) is 7.11 Å². The van der Waals surface area contributed by atoms with Crippen molar-refractivity contribution < 1.29 is 17.9 Å². The second kappa shape index (κ2) is 3.73. The second-order valence-corrected chi connectivity index (χ2v) is 6.02. The van der Waals surface area contributed by atoms with Crippen LogP contribution in [-0.2, 0) is 19.3 Å². The molecule has 1 saturated heterocycles. The number of sulfone groups is 1. The van der Waals surface area contributed by atoms with Gasteiger partial charge >= 0.3 is 0 Å². The summed E-state index contributed by atoms with van der Waals surface area (Å²) < 4.78 is 32.4. The van der Waals surface area contributed by atoms with Gasteiger partial charge in [0.15, 0.2) is 9.84 Å². The maximum Gasteiger partial charge on any atom is 0.154 e. The molecule has 0 bridgehead atoms. The lowest BCUT2D eigenvalue weighted by atomic mass is 10.1. The number of hydrogen-bond donors (Lipinski definition) is 0. The van der Waals surface area contributed by atoms with Crippen LogP contribution in [0.2, 0.25) is 0 Å². The fourth-order valence-corrected chi connectivity index (χ4v) is 4.19. The summed E-state index contributed by atoms with van der Waals surface area (Å²) >= 11 is 5.88.